The van der Waals surface area contributed by atoms with Gasteiger partial charge in [0, 0.05) is 37.3 Å². The summed E-state index contributed by atoms with van der Waals surface area (Å²) in [6.07, 6.45) is 6.48. The maximum absolute atomic E-state index is 14.5. The standard InChI is InChI=1S/C42H49F3N8O3/c1-42(2,45)36-11-5-8-31(47-36)39(54)48-33-21-27-24-52(49-32(27)22-30(33)38(43)44)28-14-12-25(13-15-28)23-51-19-16-26(17-20-51)29-7-4-9-34-37(29)50(3)41(56)53(34)35-10-6-18-46-40(35)55/h4-5,7-9,11,21-22,24-26,28,35,38H,6,10,12-20,23H2,1-3H3,(H,46,55)(H,48,54)/t25-,28-,35?. The summed E-state index contributed by atoms with van der Waals surface area (Å²) in [6, 6.07) is 13.1. The molecule has 5 heterocycles. The highest BCUT2D eigenvalue weighted by Crippen LogP contribution is 2.38. The van der Waals surface area contributed by atoms with Gasteiger partial charge in [0.25, 0.3) is 12.3 Å². The maximum Gasteiger partial charge on any atom is 0.329 e. The molecule has 0 radical (unpaired) electrons. The molecule has 0 spiro atoms. The molecule has 1 unspecified atom stereocenters. The molecule has 1 atom stereocenters. The van der Waals surface area contributed by atoms with Gasteiger partial charge in [-0.15, -0.1) is 0 Å². The third-order valence-electron chi connectivity index (χ3n) is 12.2. The van der Waals surface area contributed by atoms with Crippen LogP contribution in [0.4, 0.5) is 18.9 Å². The van der Waals surface area contributed by atoms with E-state index in [0.717, 1.165) is 75.6 Å². The second-order valence-corrected chi connectivity index (χ2v) is 16.4. The summed E-state index contributed by atoms with van der Waals surface area (Å²) in [7, 11) is 1.82. The summed E-state index contributed by atoms with van der Waals surface area (Å²) >= 11 is 0. The quantitative estimate of drug-likeness (QED) is 0.160. The Hall–Kier alpha value is -4.98. The van der Waals surface area contributed by atoms with Gasteiger partial charge in [0.1, 0.15) is 17.4 Å². The molecule has 2 N–H and O–H groups in total. The van der Waals surface area contributed by atoms with Crippen LogP contribution in [0.15, 0.2) is 59.5 Å². The number of piperidine rings is 2. The second-order valence-electron chi connectivity index (χ2n) is 16.4. The number of benzene rings is 2. The number of nitrogens with zero attached hydrogens (tertiary/aromatic N) is 6. The number of carbonyl (C=O) groups excluding carboxylic acids is 2. The van der Waals surface area contributed by atoms with Crippen molar-refractivity contribution < 1.29 is 22.8 Å². The number of anilines is 1. The molecule has 3 fully saturated rings. The third kappa shape index (κ3) is 7.35. The Bertz CT molecular complexity index is 2330. The number of amides is 2. The number of aryl methyl sites for hydroxylation is 1. The summed E-state index contributed by atoms with van der Waals surface area (Å²) < 4.78 is 48.2. The van der Waals surface area contributed by atoms with E-state index in [1.165, 1.54) is 49.7 Å². The SMILES string of the molecule is Cn1c(=O)n(C2CCCNC2=O)c2cccc(C3CCN(C[C@H]4CC[C@H](n5cc6cc(NC(=O)c7cccc(C(C)(C)F)n7)c(C(F)F)cc6n5)CC4)CC3)c21. The van der Waals surface area contributed by atoms with Gasteiger partial charge in [-0.05, 0) is 126 Å². The van der Waals surface area contributed by atoms with Gasteiger partial charge < -0.3 is 15.5 Å². The minimum Gasteiger partial charge on any atom is -0.354 e. The first-order chi connectivity index (χ1) is 26.9. The first-order valence-corrected chi connectivity index (χ1v) is 19.8. The van der Waals surface area contributed by atoms with Crippen LogP contribution in [-0.4, -0.2) is 66.8 Å². The monoisotopic (exact) mass is 770 g/mol. The number of rotatable bonds is 9. The van der Waals surface area contributed by atoms with Crippen molar-refractivity contribution in [3.8, 4) is 0 Å². The fraction of sp³-hybridized carbons (Fsp3) is 0.500. The number of aromatic nitrogens is 5. The lowest BCUT2D eigenvalue weighted by molar-refractivity contribution is -0.125. The van der Waals surface area contributed by atoms with E-state index in [9.17, 15) is 27.6 Å². The topological polar surface area (TPSA) is 119 Å². The Kier molecular flexibility index (Phi) is 10.3. The van der Waals surface area contributed by atoms with Crippen LogP contribution in [-0.2, 0) is 17.5 Å². The van der Waals surface area contributed by atoms with Crippen molar-refractivity contribution in [3.63, 3.8) is 0 Å². The van der Waals surface area contributed by atoms with Crippen molar-refractivity contribution >= 4 is 39.4 Å². The van der Waals surface area contributed by atoms with E-state index >= 15 is 0 Å². The molecule has 5 aromatic rings. The molecule has 11 nitrogen and oxygen atoms in total. The molecule has 3 aromatic heterocycles. The average molecular weight is 771 g/mol. The minimum absolute atomic E-state index is 0.0242. The van der Waals surface area contributed by atoms with Crippen molar-refractivity contribution in [2.24, 2.45) is 13.0 Å². The van der Waals surface area contributed by atoms with Gasteiger partial charge in [-0.25, -0.2) is 22.9 Å². The van der Waals surface area contributed by atoms with Crippen molar-refractivity contribution in [2.75, 3.05) is 31.5 Å². The molecule has 3 aliphatic rings. The predicted octanol–water partition coefficient (Wildman–Crippen LogP) is 7.54. The molecule has 2 aromatic carbocycles. The highest BCUT2D eigenvalue weighted by Gasteiger charge is 2.32. The summed E-state index contributed by atoms with van der Waals surface area (Å²) in [4.78, 5) is 45.9. The lowest BCUT2D eigenvalue weighted by Gasteiger charge is -2.37. The smallest absolute Gasteiger partial charge is 0.329 e. The maximum atomic E-state index is 14.5. The van der Waals surface area contributed by atoms with E-state index in [0.29, 0.717) is 35.7 Å². The number of fused-ring (bicyclic) bond motifs is 2. The molecule has 56 heavy (non-hydrogen) atoms. The third-order valence-corrected chi connectivity index (χ3v) is 12.2. The minimum atomic E-state index is -2.84. The van der Waals surface area contributed by atoms with Crippen LogP contribution in [0.2, 0.25) is 0 Å². The largest absolute Gasteiger partial charge is 0.354 e. The zero-order valence-electron chi connectivity index (χ0n) is 32.1. The van der Waals surface area contributed by atoms with Crippen LogP contribution < -0.4 is 16.3 Å². The van der Waals surface area contributed by atoms with Gasteiger partial charge in [-0.1, -0.05) is 18.2 Å². The van der Waals surface area contributed by atoms with E-state index < -0.39 is 24.0 Å². The molecule has 0 bridgehead atoms. The van der Waals surface area contributed by atoms with Crippen LogP contribution in [0.25, 0.3) is 21.9 Å². The zero-order valence-corrected chi connectivity index (χ0v) is 32.1. The van der Waals surface area contributed by atoms with Gasteiger partial charge >= 0.3 is 5.69 Å². The number of hydrogen-bond donors (Lipinski definition) is 2. The highest BCUT2D eigenvalue weighted by molar-refractivity contribution is 6.04. The van der Waals surface area contributed by atoms with E-state index in [4.69, 9.17) is 5.10 Å². The number of imidazole rings is 1. The van der Waals surface area contributed by atoms with Crippen molar-refractivity contribution in [1.29, 1.82) is 0 Å². The summed E-state index contributed by atoms with van der Waals surface area (Å²) in [5.74, 6) is 0.101. The molecular formula is C42H49F3N8O3. The number of hydrogen-bond acceptors (Lipinski definition) is 6. The average Bonchev–Trinajstić information content (AvgIpc) is 3.72. The molecule has 2 saturated heterocycles. The van der Waals surface area contributed by atoms with Crippen LogP contribution in [0, 0.1) is 5.92 Å². The molecule has 2 amide bonds. The predicted molar refractivity (Wildman–Crippen MR) is 209 cm³/mol. The van der Waals surface area contributed by atoms with E-state index in [-0.39, 0.29) is 40.3 Å². The van der Waals surface area contributed by atoms with Gasteiger partial charge in [0.2, 0.25) is 5.91 Å². The molecule has 8 rings (SSSR count). The highest BCUT2D eigenvalue weighted by atomic mass is 19.3. The summed E-state index contributed by atoms with van der Waals surface area (Å²) in [5.41, 5.74) is 1.15. The Balaban J connectivity index is 0.888. The number of halogens is 3. The molecule has 2 aliphatic heterocycles. The van der Waals surface area contributed by atoms with Crippen molar-refractivity contribution in [1.82, 2.24) is 34.1 Å². The Labute approximate surface area is 323 Å². The molecule has 1 aliphatic carbocycles. The lowest BCUT2D eigenvalue weighted by atomic mass is 9.84. The number of pyridine rings is 1. The van der Waals surface area contributed by atoms with E-state index in [1.54, 1.807) is 9.13 Å². The van der Waals surface area contributed by atoms with E-state index in [2.05, 4.69) is 26.6 Å². The fourth-order valence-corrected chi connectivity index (χ4v) is 9.15. The number of nitrogens with one attached hydrogen (secondary N) is 2. The Morgan fingerprint density at radius 1 is 1.00 bits per heavy atom. The van der Waals surface area contributed by atoms with Gasteiger partial charge in [0.15, 0.2) is 0 Å². The number of para-hydroxylation sites is 1. The molecular weight excluding hydrogens is 722 g/mol. The van der Waals surface area contributed by atoms with Crippen molar-refractivity contribution in [2.45, 2.75) is 95.3 Å². The van der Waals surface area contributed by atoms with Gasteiger partial charge in [-0.2, -0.15) is 5.10 Å². The molecule has 296 valence electrons. The number of alkyl halides is 3. The van der Waals surface area contributed by atoms with Crippen LogP contribution >= 0.6 is 0 Å². The van der Waals surface area contributed by atoms with Crippen molar-refractivity contribution in [3.05, 3.63) is 87.7 Å². The molecule has 1 saturated carbocycles. The summed E-state index contributed by atoms with van der Waals surface area (Å²) in [5, 5.41) is 10.9. The van der Waals surface area contributed by atoms with Crippen LogP contribution in [0.3, 0.4) is 0 Å². The second kappa shape index (κ2) is 15.2. The number of likely N-dealkylation sites (tertiary alicyclic amines) is 1. The Morgan fingerprint density at radius 2 is 1.75 bits per heavy atom. The van der Waals surface area contributed by atoms with Crippen LogP contribution in [0.1, 0.15) is 117 Å². The van der Waals surface area contributed by atoms with E-state index in [1.807, 2.05) is 30.1 Å². The zero-order chi connectivity index (χ0) is 39.3. The summed E-state index contributed by atoms with van der Waals surface area (Å²) in [6.45, 7) is 6.31. The molecule has 14 heteroatoms. The normalized spacial score (nSPS) is 21.6. The van der Waals surface area contributed by atoms with Crippen LogP contribution in [0.5, 0.6) is 0 Å². The number of carbonyl (C=O) groups is 2. The lowest BCUT2D eigenvalue weighted by Crippen LogP contribution is -2.41. The fourth-order valence-electron chi connectivity index (χ4n) is 9.15. The van der Waals surface area contributed by atoms with Gasteiger partial charge in [0.05, 0.1) is 34.0 Å². The van der Waals surface area contributed by atoms with Gasteiger partial charge in [-0.3, -0.25) is 23.4 Å². The first-order valence-electron chi connectivity index (χ1n) is 19.8. The Morgan fingerprint density at radius 3 is 2.46 bits per heavy atom. The first kappa shape index (κ1) is 37.9.